The molecule has 1 aliphatic carbocycles. The van der Waals surface area contributed by atoms with Crippen LogP contribution in [-0.4, -0.2) is 22.2 Å². The first-order valence-electron chi connectivity index (χ1n) is 6.92. The topological polar surface area (TPSA) is 66.4 Å². The van der Waals surface area contributed by atoms with Crippen molar-refractivity contribution in [2.45, 2.75) is 48.7 Å². The van der Waals surface area contributed by atoms with Crippen LogP contribution in [0.4, 0.5) is 5.69 Å². The Labute approximate surface area is 123 Å². The molecule has 1 fully saturated rings. The van der Waals surface area contributed by atoms with Gasteiger partial charge in [-0.3, -0.25) is 9.59 Å². The molecule has 0 aromatic heterocycles. The second-order valence-electron chi connectivity index (χ2n) is 4.99. The third-order valence-corrected chi connectivity index (χ3v) is 4.66. The highest BCUT2D eigenvalue weighted by Gasteiger charge is 2.15. The third kappa shape index (κ3) is 4.89. The monoisotopic (exact) mass is 293 g/mol. The summed E-state index contributed by atoms with van der Waals surface area (Å²) in [6.07, 6.45) is 5.11. The molecule has 4 nitrogen and oxygen atoms in total. The molecule has 108 valence electrons. The van der Waals surface area contributed by atoms with E-state index >= 15 is 0 Å². The van der Waals surface area contributed by atoms with Crippen molar-refractivity contribution in [3.63, 3.8) is 0 Å². The van der Waals surface area contributed by atoms with Crippen molar-refractivity contribution >= 4 is 29.3 Å². The predicted octanol–water partition coefficient (Wildman–Crippen LogP) is 3.52. The van der Waals surface area contributed by atoms with Crippen LogP contribution < -0.4 is 5.32 Å². The Balaban J connectivity index is 1.81. The lowest BCUT2D eigenvalue weighted by Gasteiger charge is -2.09. The summed E-state index contributed by atoms with van der Waals surface area (Å²) >= 11 is 1.90. The van der Waals surface area contributed by atoms with E-state index in [4.69, 9.17) is 5.11 Å². The van der Waals surface area contributed by atoms with Crippen LogP contribution in [0.2, 0.25) is 0 Å². The first-order valence-corrected chi connectivity index (χ1v) is 7.80. The predicted molar refractivity (Wildman–Crippen MR) is 80.1 cm³/mol. The highest BCUT2D eigenvalue weighted by Crippen LogP contribution is 2.34. The molecule has 0 unspecified atom stereocenters. The maximum atomic E-state index is 11.5. The van der Waals surface area contributed by atoms with Crippen molar-refractivity contribution in [3.8, 4) is 0 Å². The molecule has 1 amide bonds. The first kappa shape index (κ1) is 14.9. The Morgan fingerprint density at radius 3 is 2.40 bits per heavy atom. The number of carbonyl (C=O) groups is 2. The van der Waals surface area contributed by atoms with Gasteiger partial charge < -0.3 is 10.4 Å². The molecule has 2 N–H and O–H groups in total. The van der Waals surface area contributed by atoms with Crippen LogP contribution in [0, 0.1) is 0 Å². The van der Waals surface area contributed by atoms with E-state index in [-0.39, 0.29) is 18.7 Å². The zero-order valence-electron chi connectivity index (χ0n) is 11.3. The van der Waals surface area contributed by atoms with Crippen molar-refractivity contribution in [3.05, 3.63) is 24.3 Å². The van der Waals surface area contributed by atoms with Gasteiger partial charge in [0.15, 0.2) is 0 Å². The van der Waals surface area contributed by atoms with Crippen LogP contribution in [0.1, 0.15) is 38.5 Å². The fourth-order valence-corrected chi connectivity index (χ4v) is 3.51. The number of anilines is 1. The van der Waals surface area contributed by atoms with Gasteiger partial charge in [0, 0.05) is 22.3 Å². The second-order valence-corrected chi connectivity index (χ2v) is 6.36. The average molecular weight is 293 g/mol. The lowest BCUT2D eigenvalue weighted by Crippen LogP contribution is -2.13. The number of carbonyl (C=O) groups excluding carboxylic acids is 1. The number of benzene rings is 1. The van der Waals surface area contributed by atoms with Gasteiger partial charge in [-0.2, -0.15) is 0 Å². The van der Waals surface area contributed by atoms with Gasteiger partial charge in [0.05, 0.1) is 6.42 Å². The molecular formula is C15H19NO3S. The molecule has 1 aromatic carbocycles. The fraction of sp³-hybridized carbons (Fsp3) is 0.467. The molecule has 1 aliphatic rings. The summed E-state index contributed by atoms with van der Waals surface area (Å²) in [6.45, 7) is 0. The molecule has 1 saturated carbocycles. The van der Waals surface area contributed by atoms with Crippen LogP contribution in [0.5, 0.6) is 0 Å². The standard InChI is InChI=1S/C15H19NO3S/c17-14(9-10-15(18)19)16-11-5-7-13(8-6-11)20-12-3-1-2-4-12/h5-8,12H,1-4,9-10H2,(H,16,17)(H,18,19). The van der Waals surface area contributed by atoms with Crippen molar-refractivity contribution in [1.82, 2.24) is 0 Å². The SMILES string of the molecule is O=C(O)CCC(=O)Nc1ccc(SC2CCCC2)cc1. The van der Waals surface area contributed by atoms with Crippen molar-refractivity contribution in [2.75, 3.05) is 5.32 Å². The zero-order valence-corrected chi connectivity index (χ0v) is 12.1. The van der Waals surface area contributed by atoms with Crippen LogP contribution >= 0.6 is 11.8 Å². The Hall–Kier alpha value is -1.49. The number of aliphatic carboxylic acids is 1. The quantitative estimate of drug-likeness (QED) is 0.842. The van der Waals surface area contributed by atoms with E-state index in [1.807, 2.05) is 36.0 Å². The number of hydrogen-bond acceptors (Lipinski definition) is 3. The third-order valence-electron chi connectivity index (χ3n) is 3.31. The Morgan fingerprint density at radius 1 is 1.15 bits per heavy atom. The number of rotatable bonds is 6. The number of carboxylic acid groups (broad SMARTS) is 1. The lowest BCUT2D eigenvalue weighted by atomic mass is 10.2. The second kappa shape index (κ2) is 7.33. The van der Waals surface area contributed by atoms with Gasteiger partial charge in [-0.05, 0) is 37.1 Å². The smallest absolute Gasteiger partial charge is 0.303 e. The van der Waals surface area contributed by atoms with E-state index in [0.29, 0.717) is 0 Å². The average Bonchev–Trinajstić information content (AvgIpc) is 2.92. The molecule has 2 rings (SSSR count). The van der Waals surface area contributed by atoms with Gasteiger partial charge >= 0.3 is 5.97 Å². The molecule has 5 heteroatoms. The minimum atomic E-state index is -0.955. The summed E-state index contributed by atoms with van der Waals surface area (Å²) in [4.78, 5) is 23.1. The molecule has 0 radical (unpaired) electrons. The first-order chi connectivity index (χ1) is 9.63. The Bertz CT molecular complexity index is 467. The van der Waals surface area contributed by atoms with Crippen molar-refractivity contribution in [1.29, 1.82) is 0 Å². The molecule has 0 heterocycles. The highest BCUT2D eigenvalue weighted by atomic mass is 32.2. The largest absolute Gasteiger partial charge is 0.481 e. The van der Waals surface area contributed by atoms with Crippen molar-refractivity contribution < 1.29 is 14.7 Å². The lowest BCUT2D eigenvalue weighted by molar-refractivity contribution is -0.138. The van der Waals surface area contributed by atoms with Gasteiger partial charge in [0.2, 0.25) is 5.91 Å². The minimum absolute atomic E-state index is 0.00785. The molecule has 20 heavy (non-hydrogen) atoms. The van der Waals surface area contributed by atoms with Crippen molar-refractivity contribution in [2.24, 2.45) is 0 Å². The fourth-order valence-electron chi connectivity index (χ4n) is 2.26. The number of amides is 1. The normalized spacial score (nSPS) is 15.2. The number of nitrogens with one attached hydrogen (secondary N) is 1. The van der Waals surface area contributed by atoms with E-state index < -0.39 is 5.97 Å². The van der Waals surface area contributed by atoms with Gasteiger partial charge in [-0.1, -0.05) is 12.8 Å². The summed E-state index contributed by atoms with van der Waals surface area (Å²) in [7, 11) is 0. The molecule has 0 bridgehead atoms. The molecule has 0 aliphatic heterocycles. The number of carboxylic acids is 1. The highest BCUT2D eigenvalue weighted by molar-refractivity contribution is 8.00. The molecule has 0 saturated heterocycles. The maximum absolute atomic E-state index is 11.5. The van der Waals surface area contributed by atoms with Crippen LogP contribution in [0.25, 0.3) is 0 Å². The molecule has 0 atom stereocenters. The minimum Gasteiger partial charge on any atom is -0.481 e. The van der Waals surface area contributed by atoms with Crippen LogP contribution in [0.15, 0.2) is 29.2 Å². The summed E-state index contributed by atoms with van der Waals surface area (Å²) < 4.78 is 0. The zero-order chi connectivity index (χ0) is 14.4. The van der Waals surface area contributed by atoms with E-state index in [1.165, 1.54) is 30.6 Å². The Kier molecular flexibility index (Phi) is 5.47. The van der Waals surface area contributed by atoms with Gasteiger partial charge in [-0.15, -0.1) is 11.8 Å². The summed E-state index contributed by atoms with van der Waals surface area (Å²) in [5.74, 6) is -1.22. The van der Waals surface area contributed by atoms with E-state index in [9.17, 15) is 9.59 Å². The summed E-state index contributed by atoms with van der Waals surface area (Å²) in [6, 6.07) is 7.76. The van der Waals surface area contributed by atoms with Gasteiger partial charge in [0.1, 0.15) is 0 Å². The molecule has 0 spiro atoms. The van der Waals surface area contributed by atoms with Crippen LogP contribution in [0.3, 0.4) is 0 Å². The van der Waals surface area contributed by atoms with Gasteiger partial charge in [0.25, 0.3) is 0 Å². The van der Waals surface area contributed by atoms with E-state index in [0.717, 1.165) is 10.9 Å². The Morgan fingerprint density at radius 2 is 1.80 bits per heavy atom. The molecular weight excluding hydrogens is 274 g/mol. The summed E-state index contributed by atoms with van der Waals surface area (Å²) in [5.41, 5.74) is 0.719. The maximum Gasteiger partial charge on any atom is 0.303 e. The van der Waals surface area contributed by atoms with E-state index in [2.05, 4.69) is 5.32 Å². The number of thioether (sulfide) groups is 1. The van der Waals surface area contributed by atoms with E-state index in [1.54, 1.807) is 0 Å². The summed E-state index contributed by atoms with van der Waals surface area (Å²) in [5, 5.41) is 12.0. The van der Waals surface area contributed by atoms with Crippen LogP contribution in [-0.2, 0) is 9.59 Å². The van der Waals surface area contributed by atoms with Gasteiger partial charge in [-0.25, -0.2) is 0 Å². The molecule has 1 aromatic rings. The number of hydrogen-bond donors (Lipinski definition) is 2.